The molecule has 0 bridgehead atoms. The number of aromatic amines is 2. The van der Waals surface area contributed by atoms with Crippen molar-refractivity contribution < 1.29 is 9.84 Å². The Morgan fingerprint density at radius 3 is 2.65 bits per heavy atom. The van der Waals surface area contributed by atoms with Crippen molar-refractivity contribution in [1.82, 2.24) is 20.2 Å². The quantitative estimate of drug-likeness (QED) is 0.284. The highest BCUT2D eigenvalue weighted by atomic mass is 16.5. The molecule has 0 fully saturated rings. The van der Waals surface area contributed by atoms with Crippen LogP contribution in [0.25, 0.3) is 35.2 Å². The lowest BCUT2D eigenvalue weighted by atomic mass is 10.1. The molecular weight excluding hydrogens is 424 g/mol. The Balaban J connectivity index is 1.26. The van der Waals surface area contributed by atoms with Gasteiger partial charge in [-0.25, -0.2) is 0 Å². The lowest BCUT2D eigenvalue weighted by Crippen LogP contribution is -2.00. The van der Waals surface area contributed by atoms with Gasteiger partial charge in [-0.2, -0.15) is 5.10 Å². The average molecular weight is 449 g/mol. The second-order valence-corrected chi connectivity index (χ2v) is 7.87. The summed E-state index contributed by atoms with van der Waals surface area (Å²) in [5, 5.41) is 18.3. The zero-order valence-corrected chi connectivity index (χ0v) is 18.5. The van der Waals surface area contributed by atoms with E-state index in [0.29, 0.717) is 12.4 Å². The SMILES string of the molecule is OCc1ccc(/C=C/c2cc(/C=C/c3ccc4[nH]ccc4c3)n[nH]2)cc1OCc1ccccn1. The van der Waals surface area contributed by atoms with Crippen molar-refractivity contribution in [2.45, 2.75) is 13.2 Å². The maximum absolute atomic E-state index is 9.66. The number of benzene rings is 2. The molecule has 0 saturated heterocycles. The zero-order valence-electron chi connectivity index (χ0n) is 18.5. The first kappa shape index (κ1) is 21.4. The van der Waals surface area contributed by atoms with Crippen LogP contribution >= 0.6 is 0 Å². The summed E-state index contributed by atoms with van der Waals surface area (Å²) in [7, 11) is 0. The molecule has 34 heavy (non-hydrogen) atoms. The standard InChI is InChI=1S/C28H24N4O2/c33-18-23-8-4-21(16-28(23)34-19-26-3-1-2-13-29-26)6-10-25-17-24(31-32-25)9-5-20-7-11-27-22(15-20)12-14-30-27/h1-17,30,33H,18-19H2,(H,31,32)/b9-5+,10-6+. The van der Waals surface area contributed by atoms with Gasteiger partial charge >= 0.3 is 0 Å². The van der Waals surface area contributed by atoms with Crippen molar-refractivity contribution in [3.63, 3.8) is 0 Å². The van der Waals surface area contributed by atoms with Gasteiger partial charge in [0.1, 0.15) is 12.4 Å². The minimum absolute atomic E-state index is 0.0885. The number of aliphatic hydroxyl groups is 1. The fourth-order valence-electron chi connectivity index (χ4n) is 3.64. The average Bonchev–Trinajstić information content (AvgIpc) is 3.54. The molecule has 2 aromatic carbocycles. The van der Waals surface area contributed by atoms with E-state index >= 15 is 0 Å². The third-order valence-corrected chi connectivity index (χ3v) is 5.46. The van der Waals surface area contributed by atoms with Crippen molar-refractivity contribution in [2.24, 2.45) is 0 Å². The Hall–Kier alpha value is -4.42. The molecule has 5 rings (SSSR count). The van der Waals surface area contributed by atoms with Crippen LogP contribution in [-0.4, -0.2) is 25.3 Å². The number of aliphatic hydroxyl groups excluding tert-OH is 1. The molecule has 0 unspecified atom stereocenters. The molecule has 0 atom stereocenters. The molecule has 5 aromatic rings. The Labute approximate surface area is 197 Å². The molecular formula is C28H24N4O2. The second kappa shape index (κ2) is 10.0. The fourth-order valence-corrected chi connectivity index (χ4v) is 3.64. The van der Waals surface area contributed by atoms with Crippen LogP contribution in [0.4, 0.5) is 0 Å². The zero-order chi connectivity index (χ0) is 23.2. The summed E-state index contributed by atoms with van der Waals surface area (Å²) in [6.07, 6.45) is 11.7. The largest absolute Gasteiger partial charge is 0.487 e. The van der Waals surface area contributed by atoms with E-state index < -0.39 is 0 Å². The van der Waals surface area contributed by atoms with Crippen molar-refractivity contribution in [1.29, 1.82) is 0 Å². The molecule has 6 heteroatoms. The number of H-pyrrole nitrogens is 2. The van der Waals surface area contributed by atoms with Gasteiger partial charge in [0.05, 0.1) is 23.7 Å². The van der Waals surface area contributed by atoms with E-state index in [-0.39, 0.29) is 6.61 Å². The highest BCUT2D eigenvalue weighted by molar-refractivity contribution is 5.83. The van der Waals surface area contributed by atoms with Gasteiger partial charge in [-0.15, -0.1) is 0 Å². The Bertz CT molecular complexity index is 1450. The van der Waals surface area contributed by atoms with Crippen molar-refractivity contribution in [2.75, 3.05) is 0 Å². The predicted molar refractivity (Wildman–Crippen MR) is 136 cm³/mol. The topological polar surface area (TPSA) is 86.8 Å². The van der Waals surface area contributed by atoms with Crippen LogP contribution in [0, 0.1) is 0 Å². The summed E-state index contributed by atoms with van der Waals surface area (Å²) in [5.41, 5.74) is 6.51. The molecule has 0 aliphatic heterocycles. The molecule has 0 saturated carbocycles. The predicted octanol–water partition coefficient (Wildman–Crippen LogP) is 5.70. The van der Waals surface area contributed by atoms with E-state index in [2.05, 4.69) is 50.5 Å². The molecule has 0 spiro atoms. The van der Waals surface area contributed by atoms with E-state index in [4.69, 9.17) is 4.74 Å². The van der Waals surface area contributed by atoms with Crippen LogP contribution in [-0.2, 0) is 13.2 Å². The Morgan fingerprint density at radius 1 is 0.882 bits per heavy atom. The van der Waals surface area contributed by atoms with E-state index in [1.807, 2.05) is 66.9 Å². The summed E-state index contributed by atoms with van der Waals surface area (Å²) in [6.45, 7) is 0.253. The number of aromatic nitrogens is 4. The Morgan fingerprint density at radius 2 is 1.76 bits per heavy atom. The lowest BCUT2D eigenvalue weighted by Gasteiger charge is -2.10. The number of hydrogen-bond acceptors (Lipinski definition) is 4. The highest BCUT2D eigenvalue weighted by Gasteiger charge is 2.05. The summed E-state index contributed by atoms with van der Waals surface area (Å²) >= 11 is 0. The summed E-state index contributed by atoms with van der Waals surface area (Å²) in [4.78, 5) is 7.48. The maximum Gasteiger partial charge on any atom is 0.130 e. The lowest BCUT2D eigenvalue weighted by molar-refractivity contribution is 0.257. The molecule has 0 amide bonds. The van der Waals surface area contributed by atoms with Crippen LogP contribution in [0.5, 0.6) is 5.75 Å². The van der Waals surface area contributed by atoms with Crippen LogP contribution in [0.1, 0.15) is 33.8 Å². The molecule has 168 valence electrons. The number of ether oxygens (including phenoxy) is 1. The van der Waals surface area contributed by atoms with Gasteiger partial charge in [0, 0.05) is 23.5 Å². The van der Waals surface area contributed by atoms with Gasteiger partial charge < -0.3 is 14.8 Å². The van der Waals surface area contributed by atoms with E-state index in [0.717, 1.165) is 39.3 Å². The third-order valence-electron chi connectivity index (χ3n) is 5.46. The molecule has 0 radical (unpaired) electrons. The van der Waals surface area contributed by atoms with Gasteiger partial charge in [0.2, 0.25) is 0 Å². The van der Waals surface area contributed by atoms with E-state index in [1.165, 1.54) is 5.39 Å². The van der Waals surface area contributed by atoms with Crippen molar-refractivity contribution >= 4 is 35.2 Å². The molecule has 0 aliphatic carbocycles. The van der Waals surface area contributed by atoms with Gasteiger partial charge in [0.25, 0.3) is 0 Å². The number of pyridine rings is 1. The third kappa shape index (κ3) is 5.14. The number of rotatable bonds is 8. The second-order valence-electron chi connectivity index (χ2n) is 7.87. The monoisotopic (exact) mass is 448 g/mol. The molecule has 0 aliphatic rings. The maximum atomic E-state index is 9.66. The number of nitrogens with one attached hydrogen (secondary N) is 2. The Kier molecular flexibility index (Phi) is 6.31. The highest BCUT2D eigenvalue weighted by Crippen LogP contribution is 2.23. The van der Waals surface area contributed by atoms with Crippen LogP contribution < -0.4 is 4.74 Å². The van der Waals surface area contributed by atoms with Crippen LogP contribution in [0.2, 0.25) is 0 Å². The first-order chi connectivity index (χ1) is 16.8. The molecule has 3 aromatic heterocycles. The van der Waals surface area contributed by atoms with E-state index in [9.17, 15) is 5.11 Å². The molecule has 6 nitrogen and oxygen atoms in total. The smallest absolute Gasteiger partial charge is 0.130 e. The van der Waals surface area contributed by atoms with Gasteiger partial charge in [-0.05, 0) is 71.1 Å². The first-order valence-electron chi connectivity index (χ1n) is 11.0. The number of hydrogen-bond donors (Lipinski definition) is 3. The molecule has 3 N–H and O–H groups in total. The summed E-state index contributed by atoms with van der Waals surface area (Å²) in [6, 6.07) is 21.8. The van der Waals surface area contributed by atoms with E-state index in [1.54, 1.807) is 6.20 Å². The van der Waals surface area contributed by atoms with Gasteiger partial charge in [-0.1, -0.05) is 36.4 Å². The minimum Gasteiger partial charge on any atom is -0.487 e. The normalized spacial score (nSPS) is 11.7. The summed E-state index contributed by atoms with van der Waals surface area (Å²) < 4.78 is 5.92. The fraction of sp³-hybridized carbons (Fsp3) is 0.0714. The van der Waals surface area contributed by atoms with Crippen LogP contribution in [0.3, 0.4) is 0 Å². The van der Waals surface area contributed by atoms with Gasteiger partial charge in [0.15, 0.2) is 0 Å². The number of fused-ring (bicyclic) bond motifs is 1. The first-order valence-corrected chi connectivity index (χ1v) is 11.0. The minimum atomic E-state index is -0.0885. The molecule has 3 heterocycles. The summed E-state index contributed by atoms with van der Waals surface area (Å²) in [5.74, 6) is 0.642. The van der Waals surface area contributed by atoms with Crippen molar-refractivity contribution in [3.8, 4) is 5.75 Å². The van der Waals surface area contributed by atoms with Crippen molar-refractivity contribution in [3.05, 3.63) is 113 Å². The van der Waals surface area contributed by atoms with Crippen LogP contribution in [0.15, 0.2) is 79.1 Å². The number of nitrogens with zero attached hydrogens (tertiary/aromatic N) is 2. The van der Waals surface area contributed by atoms with Gasteiger partial charge in [-0.3, -0.25) is 10.1 Å².